The highest BCUT2D eigenvalue weighted by atomic mass is 15.6. The SMILES string of the molecule is CCc1ccc([C@H](CNc2nnnn2-c2ccccc2)N(C)C)cc1. The normalized spacial score (nSPS) is 12.3. The molecule has 1 heterocycles. The minimum absolute atomic E-state index is 0.229. The Hall–Kier alpha value is -2.73. The first kappa shape index (κ1) is 17.1. The van der Waals surface area contributed by atoms with Gasteiger partial charge >= 0.3 is 0 Å². The zero-order valence-electron chi connectivity index (χ0n) is 14.9. The molecule has 1 aromatic heterocycles. The van der Waals surface area contributed by atoms with Crippen LogP contribution in [0.1, 0.15) is 24.1 Å². The summed E-state index contributed by atoms with van der Waals surface area (Å²) in [5, 5.41) is 15.4. The van der Waals surface area contributed by atoms with Crippen molar-refractivity contribution >= 4 is 5.95 Å². The van der Waals surface area contributed by atoms with Crippen molar-refractivity contribution in [1.82, 2.24) is 25.1 Å². The largest absolute Gasteiger partial charge is 0.351 e. The Morgan fingerprint density at radius 2 is 1.76 bits per heavy atom. The van der Waals surface area contributed by atoms with E-state index in [1.807, 2.05) is 30.3 Å². The summed E-state index contributed by atoms with van der Waals surface area (Å²) >= 11 is 0. The number of aromatic nitrogens is 4. The average Bonchev–Trinajstić information content (AvgIpc) is 3.11. The van der Waals surface area contributed by atoms with E-state index >= 15 is 0 Å². The van der Waals surface area contributed by atoms with E-state index < -0.39 is 0 Å². The smallest absolute Gasteiger partial charge is 0.247 e. The summed E-state index contributed by atoms with van der Waals surface area (Å²) in [6.45, 7) is 2.88. The van der Waals surface area contributed by atoms with Crippen LogP contribution < -0.4 is 5.32 Å². The van der Waals surface area contributed by atoms with Gasteiger partial charge in [-0.05, 0) is 54.2 Å². The number of benzene rings is 2. The number of aryl methyl sites for hydroxylation is 1. The number of likely N-dealkylation sites (N-methyl/N-ethyl adjacent to an activating group) is 1. The quantitative estimate of drug-likeness (QED) is 0.719. The van der Waals surface area contributed by atoms with Gasteiger partial charge in [-0.3, -0.25) is 0 Å². The van der Waals surface area contributed by atoms with Crippen LogP contribution in [0.4, 0.5) is 5.95 Å². The number of nitrogens with one attached hydrogen (secondary N) is 1. The van der Waals surface area contributed by atoms with Gasteiger partial charge in [0.2, 0.25) is 5.95 Å². The predicted molar refractivity (Wildman–Crippen MR) is 99.9 cm³/mol. The van der Waals surface area contributed by atoms with Crippen LogP contribution in [0.2, 0.25) is 0 Å². The molecular weight excluding hydrogens is 312 g/mol. The molecule has 1 atom stereocenters. The monoisotopic (exact) mass is 336 g/mol. The molecule has 0 aliphatic carbocycles. The van der Waals surface area contributed by atoms with Gasteiger partial charge in [-0.2, -0.15) is 4.68 Å². The second kappa shape index (κ2) is 7.90. The molecule has 130 valence electrons. The number of hydrogen-bond donors (Lipinski definition) is 1. The lowest BCUT2D eigenvalue weighted by Crippen LogP contribution is -2.27. The third-order valence-corrected chi connectivity index (χ3v) is 4.32. The maximum atomic E-state index is 4.12. The fourth-order valence-corrected chi connectivity index (χ4v) is 2.80. The van der Waals surface area contributed by atoms with Crippen molar-refractivity contribution in [3.63, 3.8) is 0 Å². The molecule has 3 rings (SSSR count). The van der Waals surface area contributed by atoms with E-state index in [-0.39, 0.29) is 6.04 Å². The zero-order chi connectivity index (χ0) is 17.6. The van der Waals surface area contributed by atoms with E-state index in [2.05, 4.69) is 71.0 Å². The van der Waals surface area contributed by atoms with Crippen LogP contribution in [0.15, 0.2) is 54.6 Å². The Kier molecular flexibility index (Phi) is 5.40. The standard InChI is InChI=1S/C19H24N6/c1-4-15-10-12-16(13-11-15)18(24(2)3)14-20-19-21-22-23-25(19)17-8-6-5-7-9-17/h5-13,18H,4,14H2,1-3H3,(H,20,21,23)/t18-/m0/s1. The molecule has 0 saturated heterocycles. The van der Waals surface area contributed by atoms with E-state index in [0.717, 1.165) is 12.1 Å². The summed E-state index contributed by atoms with van der Waals surface area (Å²) in [4.78, 5) is 2.20. The maximum Gasteiger partial charge on any atom is 0.247 e. The number of hydrogen-bond acceptors (Lipinski definition) is 5. The second-order valence-electron chi connectivity index (χ2n) is 6.21. The van der Waals surface area contributed by atoms with Crippen LogP contribution in [0.25, 0.3) is 5.69 Å². The molecule has 6 nitrogen and oxygen atoms in total. The van der Waals surface area contributed by atoms with Crippen LogP contribution in [-0.4, -0.2) is 45.7 Å². The molecule has 0 radical (unpaired) electrons. The topological polar surface area (TPSA) is 58.9 Å². The average molecular weight is 336 g/mol. The molecule has 0 bridgehead atoms. The van der Waals surface area contributed by atoms with Gasteiger partial charge in [-0.1, -0.05) is 54.5 Å². The molecule has 0 spiro atoms. The van der Waals surface area contributed by atoms with Gasteiger partial charge in [0, 0.05) is 6.54 Å². The number of anilines is 1. The summed E-state index contributed by atoms with van der Waals surface area (Å²) in [5.74, 6) is 0.642. The van der Waals surface area contributed by atoms with Gasteiger partial charge in [0.15, 0.2) is 0 Å². The summed E-state index contributed by atoms with van der Waals surface area (Å²) in [5.41, 5.74) is 3.55. The van der Waals surface area contributed by atoms with Crippen LogP contribution in [0.3, 0.4) is 0 Å². The molecule has 2 aromatic carbocycles. The lowest BCUT2D eigenvalue weighted by atomic mass is 10.0. The number of para-hydroxylation sites is 1. The van der Waals surface area contributed by atoms with E-state index in [1.165, 1.54) is 11.1 Å². The van der Waals surface area contributed by atoms with Crippen LogP contribution in [-0.2, 0) is 6.42 Å². The van der Waals surface area contributed by atoms with Gasteiger partial charge in [0.05, 0.1) is 11.7 Å². The first-order chi connectivity index (χ1) is 12.2. The molecule has 0 aliphatic rings. The Morgan fingerprint density at radius 3 is 2.40 bits per heavy atom. The minimum atomic E-state index is 0.229. The number of nitrogens with zero attached hydrogens (tertiary/aromatic N) is 5. The van der Waals surface area contributed by atoms with Gasteiger partial charge in [-0.25, -0.2) is 0 Å². The van der Waals surface area contributed by atoms with Crippen molar-refractivity contribution in [2.45, 2.75) is 19.4 Å². The minimum Gasteiger partial charge on any atom is -0.351 e. The lowest BCUT2D eigenvalue weighted by Gasteiger charge is -2.25. The van der Waals surface area contributed by atoms with Gasteiger partial charge in [-0.15, -0.1) is 0 Å². The van der Waals surface area contributed by atoms with Crippen molar-refractivity contribution in [2.24, 2.45) is 0 Å². The maximum absolute atomic E-state index is 4.12. The fraction of sp³-hybridized carbons (Fsp3) is 0.316. The van der Waals surface area contributed by atoms with E-state index in [4.69, 9.17) is 0 Å². The molecule has 0 unspecified atom stereocenters. The molecule has 0 aliphatic heterocycles. The third kappa shape index (κ3) is 4.03. The van der Waals surface area contributed by atoms with Crippen molar-refractivity contribution in [1.29, 1.82) is 0 Å². The highest BCUT2D eigenvalue weighted by molar-refractivity contribution is 5.38. The molecular formula is C19H24N6. The summed E-state index contributed by atoms with van der Waals surface area (Å²) in [6.07, 6.45) is 1.05. The first-order valence-corrected chi connectivity index (χ1v) is 8.52. The van der Waals surface area contributed by atoms with Gasteiger partial charge < -0.3 is 10.2 Å². The number of rotatable bonds is 7. The molecule has 25 heavy (non-hydrogen) atoms. The van der Waals surface area contributed by atoms with Crippen molar-refractivity contribution < 1.29 is 0 Å². The van der Waals surface area contributed by atoms with Crippen LogP contribution in [0.5, 0.6) is 0 Å². The van der Waals surface area contributed by atoms with Crippen molar-refractivity contribution in [3.8, 4) is 5.69 Å². The van der Waals surface area contributed by atoms with E-state index in [1.54, 1.807) is 4.68 Å². The number of tetrazole rings is 1. The molecule has 1 N–H and O–H groups in total. The highest BCUT2D eigenvalue weighted by Crippen LogP contribution is 2.20. The van der Waals surface area contributed by atoms with Crippen molar-refractivity contribution in [3.05, 3.63) is 65.7 Å². The van der Waals surface area contributed by atoms with E-state index in [0.29, 0.717) is 12.5 Å². The first-order valence-electron chi connectivity index (χ1n) is 8.52. The Labute approximate surface area is 148 Å². The molecule has 0 amide bonds. The fourth-order valence-electron chi connectivity index (χ4n) is 2.80. The molecule has 0 saturated carbocycles. The Morgan fingerprint density at radius 1 is 1.04 bits per heavy atom. The summed E-state index contributed by atoms with van der Waals surface area (Å²) in [7, 11) is 4.17. The Bertz CT molecular complexity index is 779. The highest BCUT2D eigenvalue weighted by Gasteiger charge is 2.16. The van der Waals surface area contributed by atoms with Crippen LogP contribution in [0, 0.1) is 0 Å². The predicted octanol–water partition coefficient (Wildman–Crippen LogP) is 2.94. The summed E-state index contributed by atoms with van der Waals surface area (Å²) in [6, 6.07) is 18.9. The second-order valence-corrected chi connectivity index (χ2v) is 6.21. The summed E-state index contributed by atoms with van der Waals surface area (Å²) < 4.78 is 1.72. The van der Waals surface area contributed by atoms with Crippen molar-refractivity contribution in [2.75, 3.05) is 26.0 Å². The van der Waals surface area contributed by atoms with Gasteiger partial charge in [0.1, 0.15) is 0 Å². The Balaban J connectivity index is 1.75. The lowest BCUT2D eigenvalue weighted by molar-refractivity contribution is 0.311. The third-order valence-electron chi connectivity index (χ3n) is 4.32. The molecule has 3 aromatic rings. The molecule has 6 heteroatoms. The van der Waals surface area contributed by atoms with Gasteiger partial charge in [0.25, 0.3) is 0 Å². The van der Waals surface area contributed by atoms with E-state index in [9.17, 15) is 0 Å². The molecule has 0 fully saturated rings. The zero-order valence-corrected chi connectivity index (χ0v) is 14.9. The van der Waals surface area contributed by atoms with Crippen LogP contribution >= 0.6 is 0 Å².